The van der Waals surface area contributed by atoms with Crippen LogP contribution in [0.5, 0.6) is 0 Å². The summed E-state index contributed by atoms with van der Waals surface area (Å²) in [5.74, 6) is 1.14. The first kappa shape index (κ1) is 24.7. The number of nitrogens with one attached hydrogen (secondary N) is 1. The molecule has 184 valence electrons. The number of carboxylic acid groups (broad SMARTS) is 1. The Hall–Kier alpha value is -3.46. The third-order valence-corrected chi connectivity index (χ3v) is 6.85. The van der Waals surface area contributed by atoms with Crippen LogP contribution in [0.2, 0.25) is 0 Å². The highest BCUT2D eigenvalue weighted by atomic mass is 32.1. The summed E-state index contributed by atoms with van der Waals surface area (Å²) in [6.45, 7) is 5.18. The average molecular weight is 494 g/mol. The fourth-order valence-corrected chi connectivity index (χ4v) is 4.85. The van der Waals surface area contributed by atoms with Crippen LogP contribution in [-0.2, 0) is 6.54 Å². The Morgan fingerprint density at radius 1 is 1.20 bits per heavy atom. The van der Waals surface area contributed by atoms with Crippen LogP contribution in [0.1, 0.15) is 42.2 Å². The van der Waals surface area contributed by atoms with Gasteiger partial charge in [0.15, 0.2) is 0 Å². The molecule has 1 aromatic carbocycles. The molecule has 1 aliphatic rings. The lowest BCUT2D eigenvalue weighted by molar-refractivity contribution is 0.0953. The van der Waals surface area contributed by atoms with E-state index in [0.717, 1.165) is 55.1 Å². The topological polar surface area (TPSA) is 98.7 Å². The van der Waals surface area contributed by atoms with E-state index in [4.69, 9.17) is 4.98 Å². The Kier molecular flexibility index (Phi) is 8.31. The zero-order chi connectivity index (χ0) is 24.6. The molecule has 0 unspecified atom stereocenters. The largest absolute Gasteiger partial charge is 0.465 e. The molecule has 35 heavy (non-hydrogen) atoms. The average Bonchev–Trinajstić information content (AvgIpc) is 3.40. The van der Waals surface area contributed by atoms with Crippen LogP contribution in [0.3, 0.4) is 0 Å². The first-order valence-corrected chi connectivity index (χ1v) is 12.9. The van der Waals surface area contributed by atoms with Crippen molar-refractivity contribution in [3.8, 4) is 11.3 Å². The van der Waals surface area contributed by atoms with E-state index in [1.165, 1.54) is 16.2 Å². The molecule has 3 heterocycles. The summed E-state index contributed by atoms with van der Waals surface area (Å²) >= 11 is 1.48. The minimum atomic E-state index is -0.902. The van der Waals surface area contributed by atoms with E-state index in [2.05, 4.69) is 15.2 Å². The molecular formula is C26H31N5O3S. The maximum absolute atomic E-state index is 12.4. The number of benzene rings is 1. The summed E-state index contributed by atoms with van der Waals surface area (Å²) < 4.78 is 0. The van der Waals surface area contributed by atoms with Gasteiger partial charge in [-0.1, -0.05) is 25.1 Å². The fraction of sp³-hybridized carbons (Fsp3) is 0.385. The van der Waals surface area contributed by atoms with Gasteiger partial charge in [-0.2, -0.15) is 0 Å². The molecule has 0 radical (unpaired) electrons. The zero-order valence-electron chi connectivity index (χ0n) is 19.9. The Morgan fingerprint density at radius 2 is 2.00 bits per heavy atom. The number of hydrogen-bond donors (Lipinski definition) is 2. The Balaban J connectivity index is 1.38. The molecule has 1 aliphatic heterocycles. The molecule has 2 aromatic heterocycles. The molecular weight excluding hydrogens is 462 g/mol. The molecule has 1 fully saturated rings. The van der Waals surface area contributed by atoms with Gasteiger partial charge in [0.25, 0.3) is 5.91 Å². The van der Waals surface area contributed by atoms with Crippen LogP contribution in [0.4, 0.5) is 10.6 Å². The van der Waals surface area contributed by atoms with Gasteiger partial charge in [-0.05, 0) is 49.4 Å². The lowest BCUT2D eigenvalue weighted by atomic mass is 9.96. The molecule has 1 saturated heterocycles. The molecule has 2 amide bonds. The highest BCUT2D eigenvalue weighted by molar-refractivity contribution is 7.07. The van der Waals surface area contributed by atoms with Gasteiger partial charge in [-0.15, -0.1) is 11.3 Å². The van der Waals surface area contributed by atoms with Gasteiger partial charge in [0.2, 0.25) is 0 Å². The van der Waals surface area contributed by atoms with Gasteiger partial charge in [-0.25, -0.2) is 14.8 Å². The normalized spacial score (nSPS) is 14.0. The molecule has 4 rings (SSSR count). The number of thiazole rings is 1. The summed E-state index contributed by atoms with van der Waals surface area (Å²) in [5, 5.41) is 14.4. The predicted molar refractivity (Wildman–Crippen MR) is 138 cm³/mol. The Bertz CT molecular complexity index is 1130. The maximum Gasteiger partial charge on any atom is 0.407 e. The molecule has 9 heteroatoms. The monoisotopic (exact) mass is 493 g/mol. The number of aromatic nitrogens is 2. The highest BCUT2D eigenvalue weighted by Gasteiger charge is 2.25. The smallest absolute Gasteiger partial charge is 0.407 e. The van der Waals surface area contributed by atoms with E-state index in [0.29, 0.717) is 31.1 Å². The van der Waals surface area contributed by atoms with E-state index >= 15 is 0 Å². The van der Waals surface area contributed by atoms with Gasteiger partial charge in [0.1, 0.15) is 5.82 Å². The number of amides is 2. The second kappa shape index (κ2) is 11.8. The molecule has 0 spiro atoms. The van der Waals surface area contributed by atoms with Crippen LogP contribution >= 0.6 is 11.3 Å². The molecule has 3 aromatic rings. The molecule has 8 nitrogen and oxygen atoms in total. The lowest BCUT2D eigenvalue weighted by Crippen LogP contribution is -2.40. The lowest BCUT2D eigenvalue weighted by Gasteiger charge is -2.34. The predicted octanol–water partition coefficient (Wildman–Crippen LogP) is 4.74. The number of nitrogens with zero attached hydrogens (tertiary/aromatic N) is 4. The van der Waals surface area contributed by atoms with Crippen LogP contribution in [0, 0.1) is 5.92 Å². The number of pyridine rings is 1. The van der Waals surface area contributed by atoms with Gasteiger partial charge >= 0.3 is 6.09 Å². The van der Waals surface area contributed by atoms with Crippen LogP contribution in [0.15, 0.2) is 53.4 Å². The van der Waals surface area contributed by atoms with Crippen molar-refractivity contribution in [1.29, 1.82) is 0 Å². The maximum atomic E-state index is 12.4. The van der Waals surface area contributed by atoms with E-state index < -0.39 is 6.09 Å². The van der Waals surface area contributed by atoms with Gasteiger partial charge in [0, 0.05) is 42.7 Å². The van der Waals surface area contributed by atoms with Gasteiger partial charge < -0.3 is 20.2 Å². The molecule has 0 bridgehead atoms. The number of hydrogen-bond acceptors (Lipinski definition) is 6. The summed E-state index contributed by atoms with van der Waals surface area (Å²) in [5.41, 5.74) is 4.89. The van der Waals surface area contributed by atoms with Crippen molar-refractivity contribution in [2.45, 2.75) is 32.7 Å². The minimum absolute atomic E-state index is 0.0721. The first-order valence-electron chi connectivity index (χ1n) is 12.0. The standard InChI is InChI=1S/C26H31N5O3S/c1-2-11-27-25(32)21-6-3-5-20(14-21)23-7-4-8-24(29-23)30-12-9-19(10-13-30)15-31(26(33)34)16-22-17-35-18-28-22/h3-8,14,17-19H,2,9-13,15-16H2,1H3,(H,27,32)(H,33,34). The third-order valence-electron chi connectivity index (χ3n) is 6.21. The van der Waals surface area contributed by atoms with Crippen molar-refractivity contribution in [1.82, 2.24) is 20.2 Å². The first-order chi connectivity index (χ1) is 17.0. The van der Waals surface area contributed by atoms with Crippen molar-refractivity contribution < 1.29 is 14.7 Å². The van der Waals surface area contributed by atoms with Crippen molar-refractivity contribution in [2.75, 3.05) is 31.1 Å². The van der Waals surface area contributed by atoms with Crippen molar-refractivity contribution in [2.24, 2.45) is 5.92 Å². The Labute approximate surface area is 209 Å². The molecule has 0 aliphatic carbocycles. The second-order valence-electron chi connectivity index (χ2n) is 8.79. The van der Waals surface area contributed by atoms with Crippen LogP contribution in [0.25, 0.3) is 11.3 Å². The summed E-state index contributed by atoms with van der Waals surface area (Å²) in [7, 11) is 0. The van der Waals surface area contributed by atoms with Crippen molar-refractivity contribution in [3.05, 3.63) is 64.6 Å². The molecule has 0 atom stereocenters. The van der Waals surface area contributed by atoms with Crippen LogP contribution < -0.4 is 10.2 Å². The summed E-state index contributed by atoms with van der Waals surface area (Å²) in [6.07, 6.45) is 1.80. The van der Waals surface area contributed by atoms with Crippen LogP contribution in [-0.4, -0.2) is 58.2 Å². The quantitative estimate of drug-likeness (QED) is 0.447. The van der Waals surface area contributed by atoms with E-state index in [1.54, 1.807) is 5.51 Å². The highest BCUT2D eigenvalue weighted by Crippen LogP contribution is 2.26. The van der Waals surface area contributed by atoms with Crippen molar-refractivity contribution in [3.63, 3.8) is 0 Å². The number of piperidine rings is 1. The van der Waals surface area contributed by atoms with Crippen molar-refractivity contribution >= 4 is 29.2 Å². The third kappa shape index (κ3) is 6.57. The number of anilines is 1. The molecule has 0 saturated carbocycles. The van der Waals surface area contributed by atoms with E-state index in [9.17, 15) is 14.7 Å². The molecule has 2 N–H and O–H groups in total. The summed E-state index contributed by atoms with van der Waals surface area (Å²) in [4.78, 5) is 36.9. The zero-order valence-corrected chi connectivity index (χ0v) is 20.7. The number of carbonyl (C=O) groups excluding carboxylic acids is 1. The van der Waals surface area contributed by atoms with Gasteiger partial charge in [0.05, 0.1) is 23.4 Å². The SMILES string of the molecule is CCCNC(=O)c1cccc(-c2cccc(N3CCC(CN(Cc4cscn4)C(=O)O)CC3)n2)c1. The number of rotatable bonds is 9. The fourth-order valence-electron chi connectivity index (χ4n) is 4.30. The van der Waals surface area contributed by atoms with E-state index in [1.807, 2.05) is 54.8 Å². The van der Waals surface area contributed by atoms with E-state index in [-0.39, 0.29) is 5.91 Å². The Morgan fingerprint density at radius 3 is 2.71 bits per heavy atom. The summed E-state index contributed by atoms with van der Waals surface area (Å²) in [6, 6.07) is 13.5. The van der Waals surface area contributed by atoms with Gasteiger partial charge in [-0.3, -0.25) is 4.79 Å². The number of carbonyl (C=O) groups is 2. The second-order valence-corrected chi connectivity index (χ2v) is 9.51. The minimum Gasteiger partial charge on any atom is -0.465 e.